The van der Waals surface area contributed by atoms with Gasteiger partial charge in [-0.2, -0.15) is 0 Å². The summed E-state index contributed by atoms with van der Waals surface area (Å²) in [4.78, 5) is 4.94. The largest absolute Gasteiger partial charge is 0.329 e. The van der Waals surface area contributed by atoms with Crippen LogP contribution in [0.5, 0.6) is 0 Å². The van der Waals surface area contributed by atoms with Crippen molar-refractivity contribution in [2.45, 2.75) is 6.04 Å². The Balaban J connectivity index is -0.000000902. The Morgan fingerprint density at radius 3 is 2.00 bits per heavy atom. The number of rotatable bonds is 5. The molecule has 0 spiro atoms. The number of hydrogen-bond donors (Lipinski definition) is 2. The molecule has 0 aromatic heterocycles. The van der Waals surface area contributed by atoms with Crippen molar-refractivity contribution in [3.63, 3.8) is 0 Å². The average molecular weight is 394 g/mol. The second-order valence-corrected chi connectivity index (χ2v) is 4.84. The van der Waals surface area contributed by atoms with Crippen molar-refractivity contribution in [1.29, 1.82) is 0 Å². The highest BCUT2D eigenvalue weighted by molar-refractivity contribution is 5.86. The molecule has 8 heteroatoms. The Kier molecular flexibility index (Phi) is 18.2. The maximum atomic E-state index is 5.72. The molecule has 0 bridgehead atoms. The molecule has 2 rings (SSSR count). The molecule has 1 unspecified atom stereocenters. The van der Waals surface area contributed by atoms with Crippen LogP contribution in [0, 0.1) is 0 Å². The summed E-state index contributed by atoms with van der Waals surface area (Å²) in [7, 11) is 0. The fraction of sp³-hybridized carbons (Fsp3) is 0.571. The highest BCUT2D eigenvalue weighted by atomic mass is 35.5. The summed E-state index contributed by atoms with van der Waals surface area (Å²) in [5.41, 5.74) is 12.8. The molecule has 1 aromatic carbocycles. The first-order valence-corrected chi connectivity index (χ1v) is 6.76. The first kappa shape index (κ1) is 27.1. The van der Waals surface area contributed by atoms with Crippen LogP contribution < -0.4 is 11.5 Å². The molecule has 0 aliphatic carbocycles. The van der Waals surface area contributed by atoms with Crippen LogP contribution >= 0.6 is 49.6 Å². The monoisotopic (exact) mass is 392 g/mol. The van der Waals surface area contributed by atoms with E-state index in [-0.39, 0.29) is 49.6 Å². The molecular weight excluding hydrogens is 366 g/mol. The van der Waals surface area contributed by atoms with Crippen molar-refractivity contribution in [3.05, 3.63) is 35.9 Å². The zero-order valence-corrected chi connectivity index (χ0v) is 15.9. The zero-order valence-electron chi connectivity index (χ0n) is 12.6. The summed E-state index contributed by atoms with van der Waals surface area (Å²) in [6.45, 7) is 6.65. The van der Waals surface area contributed by atoms with Crippen molar-refractivity contribution in [2.75, 3.05) is 45.8 Å². The van der Waals surface area contributed by atoms with E-state index < -0.39 is 0 Å². The molecular formula is C14H28Cl4N4. The molecule has 1 aliphatic heterocycles. The van der Waals surface area contributed by atoms with E-state index in [0.717, 1.165) is 45.8 Å². The van der Waals surface area contributed by atoms with Gasteiger partial charge in [0.05, 0.1) is 0 Å². The predicted molar refractivity (Wildman–Crippen MR) is 104 cm³/mol. The van der Waals surface area contributed by atoms with Gasteiger partial charge in [-0.15, -0.1) is 49.6 Å². The third kappa shape index (κ3) is 7.66. The average Bonchev–Trinajstić information content (AvgIpc) is 2.42. The molecule has 1 saturated heterocycles. The third-order valence-electron chi connectivity index (χ3n) is 3.62. The van der Waals surface area contributed by atoms with Crippen molar-refractivity contribution in [3.8, 4) is 0 Å². The summed E-state index contributed by atoms with van der Waals surface area (Å²) in [6, 6.07) is 11.2. The van der Waals surface area contributed by atoms with E-state index in [1.807, 2.05) is 0 Å². The smallest absolute Gasteiger partial charge is 0.0476 e. The van der Waals surface area contributed by atoms with Crippen LogP contribution in [0.1, 0.15) is 11.6 Å². The van der Waals surface area contributed by atoms with Gasteiger partial charge in [0, 0.05) is 51.9 Å². The van der Waals surface area contributed by atoms with Gasteiger partial charge in [0.2, 0.25) is 0 Å². The molecule has 1 atom stereocenters. The van der Waals surface area contributed by atoms with Crippen LogP contribution in [-0.2, 0) is 0 Å². The van der Waals surface area contributed by atoms with Gasteiger partial charge in [-0.25, -0.2) is 0 Å². The summed E-state index contributed by atoms with van der Waals surface area (Å²) < 4.78 is 0. The molecule has 4 nitrogen and oxygen atoms in total. The Morgan fingerprint density at radius 1 is 0.864 bits per heavy atom. The first-order valence-electron chi connectivity index (χ1n) is 6.76. The fourth-order valence-corrected chi connectivity index (χ4v) is 2.69. The Hall–Kier alpha value is 0.220. The van der Waals surface area contributed by atoms with Gasteiger partial charge in [0.1, 0.15) is 0 Å². The highest BCUT2D eigenvalue weighted by Crippen LogP contribution is 2.24. The molecule has 1 fully saturated rings. The number of benzene rings is 1. The first-order chi connectivity index (χ1) is 8.85. The minimum atomic E-state index is 0. The van der Waals surface area contributed by atoms with Crippen molar-refractivity contribution >= 4 is 49.6 Å². The van der Waals surface area contributed by atoms with Gasteiger partial charge in [-0.1, -0.05) is 30.3 Å². The lowest BCUT2D eigenvalue weighted by molar-refractivity contribution is 0.0784. The molecule has 1 aromatic rings. The second-order valence-electron chi connectivity index (χ2n) is 4.84. The summed E-state index contributed by atoms with van der Waals surface area (Å²) in [5, 5.41) is 0. The maximum Gasteiger partial charge on any atom is 0.0476 e. The van der Waals surface area contributed by atoms with Gasteiger partial charge < -0.3 is 11.5 Å². The van der Waals surface area contributed by atoms with Crippen LogP contribution in [0.3, 0.4) is 0 Å². The normalized spacial score (nSPS) is 18.2. The maximum absolute atomic E-state index is 5.72. The van der Waals surface area contributed by atoms with Gasteiger partial charge in [0.25, 0.3) is 0 Å². The number of halogens is 4. The van der Waals surface area contributed by atoms with E-state index in [9.17, 15) is 0 Å². The Bertz CT molecular complexity index is 356. The van der Waals surface area contributed by atoms with Gasteiger partial charge >= 0.3 is 0 Å². The fourth-order valence-electron chi connectivity index (χ4n) is 2.69. The number of nitrogens with zero attached hydrogens (tertiary/aromatic N) is 2. The molecule has 0 saturated carbocycles. The van der Waals surface area contributed by atoms with Crippen molar-refractivity contribution < 1.29 is 0 Å². The lowest BCUT2D eigenvalue weighted by Crippen LogP contribution is -2.50. The standard InChI is InChI=1S/C14H24N4.4ClH/c15-6-8-17-10-11-18(9-7-16)14(12-17)13-4-2-1-3-5-13;;;;/h1-5,14H,6-12,15-16H2;4*1H. The number of hydrogen-bond acceptors (Lipinski definition) is 4. The lowest BCUT2D eigenvalue weighted by Gasteiger charge is -2.41. The number of piperazine rings is 1. The molecule has 1 aliphatic rings. The van der Waals surface area contributed by atoms with E-state index in [4.69, 9.17) is 11.5 Å². The van der Waals surface area contributed by atoms with E-state index in [0.29, 0.717) is 6.04 Å². The van der Waals surface area contributed by atoms with Gasteiger partial charge in [-0.3, -0.25) is 9.80 Å². The third-order valence-corrected chi connectivity index (χ3v) is 3.62. The molecule has 1 heterocycles. The SMILES string of the molecule is Cl.Cl.Cl.Cl.NCCN1CCN(CCN)C(c2ccccc2)C1. The quantitative estimate of drug-likeness (QED) is 0.802. The van der Waals surface area contributed by atoms with E-state index >= 15 is 0 Å². The molecule has 4 N–H and O–H groups in total. The molecule has 22 heavy (non-hydrogen) atoms. The molecule has 132 valence electrons. The minimum absolute atomic E-state index is 0. The Labute approximate surface area is 158 Å². The molecule has 0 radical (unpaired) electrons. The number of nitrogens with two attached hydrogens (primary N) is 2. The summed E-state index contributed by atoms with van der Waals surface area (Å²) in [5.74, 6) is 0. The van der Waals surface area contributed by atoms with Crippen molar-refractivity contribution in [2.24, 2.45) is 11.5 Å². The van der Waals surface area contributed by atoms with Crippen LogP contribution in [0.15, 0.2) is 30.3 Å². The second kappa shape index (κ2) is 14.8. The zero-order chi connectivity index (χ0) is 12.8. The van der Waals surface area contributed by atoms with Gasteiger partial charge in [-0.05, 0) is 5.56 Å². The summed E-state index contributed by atoms with van der Waals surface area (Å²) in [6.07, 6.45) is 0. The highest BCUT2D eigenvalue weighted by Gasteiger charge is 2.26. The van der Waals surface area contributed by atoms with E-state index in [1.54, 1.807) is 0 Å². The predicted octanol–water partition coefficient (Wildman–Crippen LogP) is 1.95. The van der Waals surface area contributed by atoms with E-state index in [1.165, 1.54) is 5.56 Å². The Morgan fingerprint density at radius 2 is 1.45 bits per heavy atom. The van der Waals surface area contributed by atoms with Crippen LogP contribution in [0.25, 0.3) is 0 Å². The van der Waals surface area contributed by atoms with Gasteiger partial charge in [0.15, 0.2) is 0 Å². The topological polar surface area (TPSA) is 58.5 Å². The lowest BCUT2D eigenvalue weighted by atomic mass is 10.0. The summed E-state index contributed by atoms with van der Waals surface area (Å²) >= 11 is 0. The van der Waals surface area contributed by atoms with Crippen LogP contribution in [0.4, 0.5) is 0 Å². The minimum Gasteiger partial charge on any atom is -0.329 e. The van der Waals surface area contributed by atoms with E-state index in [2.05, 4.69) is 40.1 Å². The van der Waals surface area contributed by atoms with Crippen LogP contribution in [-0.4, -0.2) is 55.6 Å². The molecule has 0 amide bonds. The van der Waals surface area contributed by atoms with Crippen molar-refractivity contribution in [1.82, 2.24) is 9.80 Å². The van der Waals surface area contributed by atoms with Crippen LogP contribution in [0.2, 0.25) is 0 Å².